The summed E-state index contributed by atoms with van der Waals surface area (Å²) in [5.74, 6) is -2.46. The number of rotatable bonds is 4. The standard InChI is InChI=1S/C15H13FN2O3/c1-9(19)17-11-6-2-3-7-12(11)18-13-8-4-5-10(14(13)16)15(20)21/h2-8,18H,1H3,(H,17,19)(H,20,21). The van der Waals surface area contributed by atoms with Crippen molar-refractivity contribution in [3.05, 3.63) is 53.8 Å². The quantitative estimate of drug-likeness (QED) is 0.807. The number of halogens is 1. The van der Waals surface area contributed by atoms with Crippen LogP contribution in [0.4, 0.5) is 21.5 Å². The first-order valence-corrected chi connectivity index (χ1v) is 6.14. The van der Waals surface area contributed by atoms with E-state index in [-0.39, 0.29) is 11.6 Å². The molecule has 0 saturated carbocycles. The molecule has 5 nitrogen and oxygen atoms in total. The van der Waals surface area contributed by atoms with Crippen LogP contribution in [0.2, 0.25) is 0 Å². The van der Waals surface area contributed by atoms with Crippen LogP contribution in [-0.2, 0) is 4.79 Å². The molecule has 0 radical (unpaired) electrons. The third-order valence-electron chi connectivity index (χ3n) is 2.74. The van der Waals surface area contributed by atoms with Crippen molar-refractivity contribution < 1.29 is 19.1 Å². The molecular formula is C15H13FN2O3. The Hall–Kier alpha value is -2.89. The second kappa shape index (κ2) is 6.04. The fourth-order valence-corrected chi connectivity index (χ4v) is 1.83. The van der Waals surface area contributed by atoms with Crippen molar-refractivity contribution in [2.75, 3.05) is 10.6 Å². The largest absolute Gasteiger partial charge is 0.478 e. The number of aromatic carboxylic acids is 1. The van der Waals surface area contributed by atoms with E-state index < -0.39 is 17.3 Å². The predicted molar refractivity (Wildman–Crippen MR) is 77.4 cm³/mol. The van der Waals surface area contributed by atoms with E-state index in [2.05, 4.69) is 10.6 Å². The molecule has 3 N–H and O–H groups in total. The van der Waals surface area contributed by atoms with Gasteiger partial charge in [0.05, 0.1) is 22.6 Å². The minimum atomic E-state index is -1.34. The minimum absolute atomic E-state index is 0.0210. The summed E-state index contributed by atoms with van der Waals surface area (Å²) in [6.07, 6.45) is 0. The van der Waals surface area contributed by atoms with Crippen LogP contribution in [0.15, 0.2) is 42.5 Å². The fraction of sp³-hybridized carbons (Fsp3) is 0.0667. The van der Waals surface area contributed by atoms with Crippen LogP contribution in [0, 0.1) is 5.82 Å². The number of nitrogens with one attached hydrogen (secondary N) is 2. The molecule has 0 spiro atoms. The molecule has 0 heterocycles. The number of amides is 1. The molecule has 0 atom stereocenters. The smallest absolute Gasteiger partial charge is 0.338 e. The lowest BCUT2D eigenvalue weighted by Crippen LogP contribution is -2.09. The lowest BCUT2D eigenvalue weighted by Gasteiger charge is -2.13. The molecular weight excluding hydrogens is 275 g/mol. The second-order valence-electron chi connectivity index (χ2n) is 4.32. The molecule has 6 heteroatoms. The minimum Gasteiger partial charge on any atom is -0.478 e. The molecule has 2 aromatic rings. The van der Waals surface area contributed by atoms with Gasteiger partial charge in [-0.1, -0.05) is 18.2 Å². The van der Waals surface area contributed by atoms with Crippen molar-refractivity contribution in [2.45, 2.75) is 6.92 Å². The van der Waals surface area contributed by atoms with E-state index in [4.69, 9.17) is 5.11 Å². The Balaban J connectivity index is 2.37. The Morgan fingerprint density at radius 3 is 2.24 bits per heavy atom. The van der Waals surface area contributed by atoms with Gasteiger partial charge in [-0.05, 0) is 24.3 Å². The van der Waals surface area contributed by atoms with Crippen LogP contribution in [0.3, 0.4) is 0 Å². The number of carbonyl (C=O) groups excluding carboxylic acids is 1. The summed E-state index contributed by atoms with van der Waals surface area (Å²) in [7, 11) is 0. The van der Waals surface area contributed by atoms with Crippen molar-refractivity contribution in [3.8, 4) is 0 Å². The van der Waals surface area contributed by atoms with E-state index >= 15 is 0 Å². The predicted octanol–water partition coefficient (Wildman–Crippen LogP) is 3.23. The third-order valence-corrected chi connectivity index (χ3v) is 2.74. The maximum Gasteiger partial charge on any atom is 0.338 e. The lowest BCUT2D eigenvalue weighted by atomic mass is 10.1. The van der Waals surface area contributed by atoms with Gasteiger partial charge in [0.1, 0.15) is 0 Å². The van der Waals surface area contributed by atoms with Gasteiger partial charge in [0, 0.05) is 6.92 Å². The highest BCUT2D eigenvalue weighted by atomic mass is 19.1. The summed E-state index contributed by atoms with van der Waals surface area (Å²) in [6, 6.07) is 10.8. The highest BCUT2D eigenvalue weighted by Gasteiger charge is 2.14. The van der Waals surface area contributed by atoms with Gasteiger partial charge in [-0.2, -0.15) is 0 Å². The van der Waals surface area contributed by atoms with E-state index in [1.807, 2.05) is 0 Å². The zero-order valence-electron chi connectivity index (χ0n) is 11.2. The molecule has 0 unspecified atom stereocenters. The summed E-state index contributed by atoms with van der Waals surface area (Å²) >= 11 is 0. The topological polar surface area (TPSA) is 78.4 Å². The average Bonchev–Trinajstić information content (AvgIpc) is 2.42. The number of benzene rings is 2. The maximum atomic E-state index is 14.1. The van der Waals surface area contributed by atoms with Gasteiger partial charge < -0.3 is 15.7 Å². The summed E-state index contributed by atoms with van der Waals surface area (Å²) in [6.45, 7) is 1.36. The zero-order chi connectivity index (χ0) is 15.4. The molecule has 2 rings (SSSR count). The van der Waals surface area contributed by atoms with Crippen molar-refractivity contribution in [2.24, 2.45) is 0 Å². The molecule has 2 aromatic carbocycles. The average molecular weight is 288 g/mol. The van der Waals surface area contributed by atoms with Crippen molar-refractivity contribution in [1.82, 2.24) is 0 Å². The van der Waals surface area contributed by atoms with Crippen LogP contribution in [0.5, 0.6) is 0 Å². The van der Waals surface area contributed by atoms with E-state index in [1.54, 1.807) is 24.3 Å². The number of anilines is 3. The zero-order valence-corrected chi connectivity index (χ0v) is 11.2. The molecule has 21 heavy (non-hydrogen) atoms. The molecule has 108 valence electrons. The number of carboxylic acids is 1. The van der Waals surface area contributed by atoms with Gasteiger partial charge in [-0.3, -0.25) is 4.79 Å². The van der Waals surface area contributed by atoms with Crippen LogP contribution in [0.1, 0.15) is 17.3 Å². The summed E-state index contributed by atoms with van der Waals surface area (Å²) in [4.78, 5) is 22.1. The Bertz CT molecular complexity index is 701. The molecule has 0 fully saturated rings. The Morgan fingerprint density at radius 2 is 1.62 bits per heavy atom. The van der Waals surface area contributed by atoms with Crippen molar-refractivity contribution in [1.29, 1.82) is 0 Å². The van der Waals surface area contributed by atoms with Gasteiger partial charge in [-0.15, -0.1) is 0 Å². The van der Waals surface area contributed by atoms with Gasteiger partial charge in [-0.25, -0.2) is 9.18 Å². The fourth-order valence-electron chi connectivity index (χ4n) is 1.83. The normalized spacial score (nSPS) is 10.0. The number of hydrogen-bond acceptors (Lipinski definition) is 3. The molecule has 0 saturated heterocycles. The molecule has 0 aliphatic rings. The van der Waals surface area contributed by atoms with Gasteiger partial charge in [0.2, 0.25) is 5.91 Å². The third kappa shape index (κ3) is 3.36. The first-order chi connectivity index (χ1) is 9.99. The molecule has 0 aliphatic carbocycles. The van der Waals surface area contributed by atoms with Crippen molar-refractivity contribution >= 4 is 28.9 Å². The maximum absolute atomic E-state index is 14.1. The molecule has 0 aromatic heterocycles. The number of carboxylic acid groups (broad SMARTS) is 1. The van der Waals surface area contributed by atoms with Crippen LogP contribution in [-0.4, -0.2) is 17.0 Å². The highest BCUT2D eigenvalue weighted by Crippen LogP contribution is 2.27. The first-order valence-electron chi connectivity index (χ1n) is 6.14. The number of carbonyl (C=O) groups is 2. The highest BCUT2D eigenvalue weighted by molar-refractivity contribution is 5.94. The Morgan fingerprint density at radius 1 is 1.00 bits per heavy atom. The lowest BCUT2D eigenvalue weighted by molar-refractivity contribution is -0.114. The van der Waals surface area contributed by atoms with E-state index in [0.717, 1.165) is 0 Å². The molecule has 0 bridgehead atoms. The van der Waals surface area contributed by atoms with E-state index in [9.17, 15) is 14.0 Å². The number of para-hydroxylation sites is 2. The summed E-state index contributed by atoms with van der Waals surface area (Å²) in [5.41, 5.74) is 0.545. The van der Waals surface area contributed by atoms with Crippen LogP contribution < -0.4 is 10.6 Å². The first kappa shape index (κ1) is 14.5. The summed E-state index contributed by atoms with van der Waals surface area (Å²) < 4.78 is 14.1. The van der Waals surface area contributed by atoms with Gasteiger partial charge >= 0.3 is 5.97 Å². The second-order valence-corrected chi connectivity index (χ2v) is 4.32. The van der Waals surface area contributed by atoms with Gasteiger partial charge in [0.15, 0.2) is 5.82 Å². The molecule has 0 aliphatic heterocycles. The Labute approximate surface area is 120 Å². The molecule has 1 amide bonds. The monoisotopic (exact) mass is 288 g/mol. The Kier molecular flexibility index (Phi) is 4.18. The van der Waals surface area contributed by atoms with E-state index in [1.165, 1.54) is 25.1 Å². The van der Waals surface area contributed by atoms with Crippen LogP contribution >= 0.6 is 0 Å². The van der Waals surface area contributed by atoms with Crippen LogP contribution in [0.25, 0.3) is 0 Å². The SMILES string of the molecule is CC(=O)Nc1ccccc1Nc1cccc(C(=O)O)c1F. The summed E-state index contributed by atoms with van der Waals surface area (Å²) in [5, 5.41) is 14.3. The van der Waals surface area contributed by atoms with Gasteiger partial charge in [0.25, 0.3) is 0 Å². The van der Waals surface area contributed by atoms with Crippen molar-refractivity contribution in [3.63, 3.8) is 0 Å². The number of hydrogen-bond donors (Lipinski definition) is 3. The van der Waals surface area contributed by atoms with E-state index in [0.29, 0.717) is 11.4 Å².